The fourth-order valence-electron chi connectivity index (χ4n) is 3.39. The van der Waals surface area contributed by atoms with E-state index in [1.165, 1.54) is 28.8 Å². The van der Waals surface area contributed by atoms with Crippen molar-refractivity contribution in [3.05, 3.63) is 57.3 Å². The van der Waals surface area contributed by atoms with Gasteiger partial charge in [-0.3, -0.25) is 9.20 Å². The summed E-state index contributed by atoms with van der Waals surface area (Å²) in [4.78, 5) is 21.3. The summed E-state index contributed by atoms with van der Waals surface area (Å²) in [5, 5.41) is 0.861. The van der Waals surface area contributed by atoms with E-state index in [9.17, 15) is 4.79 Å². The minimum Gasteiger partial charge on any atom is -0.282 e. The molecule has 0 fully saturated rings. The van der Waals surface area contributed by atoms with Crippen molar-refractivity contribution in [2.45, 2.75) is 25.7 Å². The van der Waals surface area contributed by atoms with Crippen LogP contribution >= 0.6 is 22.7 Å². The lowest BCUT2D eigenvalue weighted by Gasteiger charge is -2.09. The highest BCUT2D eigenvalue weighted by Gasteiger charge is 2.21. The van der Waals surface area contributed by atoms with Crippen molar-refractivity contribution < 1.29 is 0 Å². The van der Waals surface area contributed by atoms with Crippen LogP contribution in [0.25, 0.3) is 25.6 Å². The lowest BCUT2D eigenvalue weighted by atomic mass is 9.97. The zero-order chi connectivity index (χ0) is 15.4. The number of rotatable bonds is 1. The SMILES string of the molecule is O=c1nc2sc(-c3ccccc3)cn2c2sc3c(c12)CCCC3. The van der Waals surface area contributed by atoms with Gasteiger partial charge in [-0.15, -0.1) is 11.3 Å². The molecule has 1 aliphatic rings. The zero-order valence-corrected chi connectivity index (χ0v) is 14.0. The van der Waals surface area contributed by atoms with Crippen LogP contribution in [0.2, 0.25) is 0 Å². The summed E-state index contributed by atoms with van der Waals surface area (Å²) >= 11 is 3.37. The van der Waals surface area contributed by atoms with Crippen LogP contribution in [0.1, 0.15) is 23.3 Å². The molecule has 0 bridgehead atoms. The van der Waals surface area contributed by atoms with Gasteiger partial charge in [-0.2, -0.15) is 4.98 Å². The van der Waals surface area contributed by atoms with E-state index in [1.54, 1.807) is 22.7 Å². The van der Waals surface area contributed by atoms with Gasteiger partial charge in [0.15, 0.2) is 4.96 Å². The van der Waals surface area contributed by atoms with E-state index in [-0.39, 0.29) is 5.56 Å². The molecule has 0 radical (unpaired) electrons. The number of aryl methyl sites for hydroxylation is 2. The molecule has 0 saturated carbocycles. The highest BCUT2D eigenvalue weighted by Crippen LogP contribution is 2.37. The van der Waals surface area contributed by atoms with E-state index in [0.717, 1.165) is 32.9 Å². The number of aromatic nitrogens is 2. The smallest absolute Gasteiger partial charge is 0.282 e. The maximum atomic E-state index is 12.6. The molecule has 5 rings (SSSR count). The second kappa shape index (κ2) is 5.01. The minimum absolute atomic E-state index is 0.0548. The third-order valence-electron chi connectivity index (χ3n) is 4.49. The first-order chi connectivity index (χ1) is 11.3. The van der Waals surface area contributed by atoms with Crippen molar-refractivity contribution in [2.24, 2.45) is 0 Å². The lowest BCUT2D eigenvalue weighted by Crippen LogP contribution is -2.10. The molecule has 0 aliphatic heterocycles. The Labute approximate surface area is 140 Å². The van der Waals surface area contributed by atoms with Crippen LogP contribution in [0.15, 0.2) is 41.3 Å². The first-order valence-corrected chi connectivity index (χ1v) is 9.46. The van der Waals surface area contributed by atoms with E-state index < -0.39 is 0 Å². The molecule has 0 saturated heterocycles. The molecule has 0 spiro atoms. The second-order valence-electron chi connectivity index (χ2n) is 5.92. The van der Waals surface area contributed by atoms with Gasteiger partial charge in [0.25, 0.3) is 5.56 Å². The van der Waals surface area contributed by atoms with E-state index in [0.29, 0.717) is 0 Å². The molecular weight excluding hydrogens is 324 g/mol. The fourth-order valence-corrected chi connectivity index (χ4v) is 5.78. The van der Waals surface area contributed by atoms with Gasteiger partial charge in [-0.25, -0.2) is 0 Å². The number of fused-ring (bicyclic) bond motifs is 5. The monoisotopic (exact) mass is 338 g/mol. The summed E-state index contributed by atoms with van der Waals surface area (Å²) in [6, 6.07) is 10.3. The van der Waals surface area contributed by atoms with Crippen molar-refractivity contribution in [2.75, 3.05) is 0 Å². The molecule has 3 aromatic heterocycles. The molecule has 3 nitrogen and oxygen atoms in total. The number of thiazole rings is 1. The molecule has 0 N–H and O–H groups in total. The number of nitrogens with zero attached hydrogens (tertiary/aromatic N) is 2. The second-order valence-corrected chi connectivity index (χ2v) is 8.01. The Morgan fingerprint density at radius 1 is 1.04 bits per heavy atom. The van der Waals surface area contributed by atoms with Crippen molar-refractivity contribution in [1.82, 2.24) is 9.38 Å². The number of benzene rings is 1. The first-order valence-electron chi connectivity index (χ1n) is 7.83. The van der Waals surface area contributed by atoms with Crippen molar-refractivity contribution in [3.8, 4) is 10.4 Å². The van der Waals surface area contributed by atoms with Gasteiger partial charge in [0.2, 0.25) is 0 Å². The van der Waals surface area contributed by atoms with Gasteiger partial charge >= 0.3 is 0 Å². The van der Waals surface area contributed by atoms with Crippen LogP contribution in [0.5, 0.6) is 0 Å². The number of hydrogen-bond donors (Lipinski definition) is 0. The number of thiophene rings is 1. The molecule has 1 aromatic carbocycles. The molecule has 0 amide bonds. The van der Waals surface area contributed by atoms with Crippen molar-refractivity contribution in [1.29, 1.82) is 0 Å². The normalized spacial score (nSPS) is 14.4. The Morgan fingerprint density at radius 3 is 2.74 bits per heavy atom. The molecule has 0 atom stereocenters. The first kappa shape index (κ1) is 13.5. The van der Waals surface area contributed by atoms with Crippen LogP contribution in [-0.2, 0) is 12.8 Å². The van der Waals surface area contributed by atoms with Crippen molar-refractivity contribution in [3.63, 3.8) is 0 Å². The van der Waals surface area contributed by atoms with Gasteiger partial charge in [0.05, 0.1) is 10.3 Å². The molecule has 1 aliphatic carbocycles. The molecule has 114 valence electrons. The average molecular weight is 338 g/mol. The summed E-state index contributed by atoms with van der Waals surface area (Å²) in [5.41, 5.74) is 2.38. The average Bonchev–Trinajstić information content (AvgIpc) is 3.17. The highest BCUT2D eigenvalue weighted by molar-refractivity contribution is 7.21. The van der Waals surface area contributed by atoms with Gasteiger partial charge in [0, 0.05) is 11.1 Å². The lowest BCUT2D eigenvalue weighted by molar-refractivity contribution is 0.700. The largest absolute Gasteiger partial charge is 0.282 e. The Kier molecular flexibility index (Phi) is 2.93. The third kappa shape index (κ3) is 2.00. The van der Waals surface area contributed by atoms with E-state index in [2.05, 4.69) is 27.7 Å². The maximum absolute atomic E-state index is 12.6. The Morgan fingerprint density at radius 2 is 1.87 bits per heavy atom. The van der Waals surface area contributed by atoms with Crippen LogP contribution in [0, 0.1) is 0 Å². The van der Waals surface area contributed by atoms with Gasteiger partial charge in [-0.05, 0) is 36.8 Å². The quantitative estimate of drug-likeness (QED) is 0.511. The Bertz CT molecular complexity index is 1090. The molecular formula is C18H14N2OS2. The van der Waals surface area contributed by atoms with Crippen LogP contribution < -0.4 is 5.56 Å². The standard InChI is InChI=1S/C18H14N2OS2/c21-16-15-12-8-4-5-9-13(12)22-17(15)20-10-14(23-18(20)19-16)11-6-2-1-3-7-11/h1-3,6-7,10H,4-5,8-9H2. The third-order valence-corrected chi connectivity index (χ3v) is 6.82. The predicted octanol–water partition coefficient (Wildman–Crippen LogP) is 4.52. The van der Waals surface area contributed by atoms with Crippen molar-refractivity contribution >= 4 is 37.9 Å². The molecule has 5 heteroatoms. The van der Waals surface area contributed by atoms with Gasteiger partial charge < -0.3 is 0 Å². The fraction of sp³-hybridized carbons (Fsp3) is 0.222. The van der Waals surface area contributed by atoms with Gasteiger partial charge in [0.1, 0.15) is 4.83 Å². The minimum atomic E-state index is -0.0548. The Balaban J connectivity index is 1.84. The number of hydrogen-bond acceptors (Lipinski definition) is 4. The van der Waals surface area contributed by atoms with Crippen LogP contribution in [0.4, 0.5) is 0 Å². The molecule has 23 heavy (non-hydrogen) atoms. The summed E-state index contributed by atoms with van der Waals surface area (Å²) < 4.78 is 2.12. The summed E-state index contributed by atoms with van der Waals surface area (Å²) in [7, 11) is 0. The zero-order valence-electron chi connectivity index (χ0n) is 12.4. The van der Waals surface area contributed by atoms with Crippen LogP contribution in [0.3, 0.4) is 0 Å². The summed E-state index contributed by atoms with van der Waals surface area (Å²) in [6.45, 7) is 0. The summed E-state index contributed by atoms with van der Waals surface area (Å²) in [6.07, 6.45) is 6.67. The predicted molar refractivity (Wildman–Crippen MR) is 96.8 cm³/mol. The van der Waals surface area contributed by atoms with Crippen LogP contribution in [-0.4, -0.2) is 9.38 Å². The van der Waals surface area contributed by atoms with E-state index in [1.807, 2.05) is 18.2 Å². The maximum Gasteiger partial charge on any atom is 0.282 e. The Hall–Kier alpha value is -1.98. The van der Waals surface area contributed by atoms with E-state index in [4.69, 9.17) is 0 Å². The topological polar surface area (TPSA) is 34.4 Å². The molecule has 3 heterocycles. The highest BCUT2D eigenvalue weighted by atomic mass is 32.1. The van der Waals surface area contributed by atoms with Gasteiger partial charge in [-0.1, -0.05) is 41.7 Å². The van der Waals surface area contributed by atoms with E-state index >= 15 is 0 Å². The summed E-state index contributed by atoms with van der Waals surface area (Å²) in [5.74, 6) is 0. The molecule has 0 unspecified atom stereocenters. The molecule has 4 aromatic rings.